The van der Waals surface area contributed by atoms with Crippen molar-refractivity contribution >= 4 is 22.6 Å². The first-order chi connectivity index (χ1) is 14.9. The molecule has 1 saturated heterocycles. The van der Waals surface area contributed by atoms with Gasteiger partial charge >= 0.3 is 6.03 Å². The van der Waals surface area contributed by atoms with Gasteiger partial charge in [0.25, 0.3) is 0 Å². The topological polar surface area (TPSA) is 80.3 Å². The molecule has 0 N–H and O–H groups in total. The molecule has 1 aliphatic heterocycles. The van der Waals surface area contributed by atoms with Gasteiger partial charge in [-0.1, -0.05) is 11.2 Å². The van der Waals surface area contributed by atoms with Gasteiger partial charge in [-0.15, -0.1) is 0 Å². The number of benzene rings is 2. The van der Waals surface area contributed by atoms with Crippen LogP contribution in [-0.2, 0) is 0 Å². The van der Waals surface area contributed by atoms with Gasteiger partial charge in [-0.05, 0) is 38.1 Å². The number of aryl methyl sites for hydroxylation is 1. The summed E-state index contributed by atoms with van der Waals surface area (Å²) in [6.07, 6.45) is 1.58. The van der Waals surface area contributed by atoms with Crippen LogP contribution in [0.15, 0.2) is 47.1 Å². The van der Waals surface area contributed by atoms with Gasteiger partial charge < -0.3 is 9.42 Å². The minimum atomic E-state index is -0.720. The molecular weight excluding hydrogens is 406 g/mol. The molecule has 5 rings (SSSR count). The number of carbonyl (C=O) groups is 1. The van der Waals surface area contributed by atoms with Crippen LogP contribution < -0.4 is 4.90 Å². The lowest BCUT2D eigenvalue weighted by Gasteiger charge is -2.22. The highest BCUT2D eigenvalue weighted by Crippen LogP contribution is 2.33. The van der Waals surface area contributed by atoms with Crippen LogP contribution in [0.2, 0.25) is 0 Å². The van der Waals surface area contributed by atoms with E-state index in [1.165, 1.54) is 16.8 Å². The second kappa shape index (κ2) is 7.15. The molecule has 2 amide bonds. The van der Waals surface area contributed by atoms with Crippen LogP contribution in [0.4, 0.5) is 19.3 Å². The van der Waals surface area contributed by atoms with Crippen molar-refractivity contribution in [3.8, 4) is 5.69 Å². The van der Waals surface area contributed by atoms with Crippen LogP contribution in [0.25, 0.3) is 16.6 Å². The number of carbonyl (C=O) groups excluding carboxylic acids is 1. The molecule has 0 saturated carbocycles. The van der Waals surface area contributed by atoms with Gasteiger partial charge in [0.15, 0.2) is 11.6 Å². The molecule has 1 fully saturated rings. The number of aromatic nitrogens is 4. The first-order valence-electron chi connectivity index (χ1n) is 9.74. The maximum Gasteiger partial charge on any atom is 0.325 e. The molecule has 158 valence electrons. The van der Waals surface area contributed by atoms with Gasteiger partial charge in [0.2, 0.25) is 5.89 Å². The van der Waals surface area contributed by atoms with Gasteiger partial charge in [-0.25, -0.2) is 18.3 Å². The average molecular weight is 424 g/mol. The van der Waals surface area contributed by atoms with Crippen molar-refractivity contribution in [2.45, 2.75) is 19.9 Å². The molecule has 2 aromatic heterocycles. The highest BCUT2D eigenvalue weighted by atomic mass is 19.1. The molecule has 4 aromatic rings. The van der Waals surface area contributed by atoms with Crippen LogP contribution in [0.1, 0.15) is 24.7 Å². The maximum atomic E-state index is 14.3. The zero-order chi connectivity index (χ0) is 21.7. The number of anilines is 1. The van der Waals surface area contributed by atoms with E-state index in [4.69, 9.17) is 4.52 Å². The van der Waals surface area contributed by atoms with E-state index in [0.717, 1.165) is 6.07 Å². The van der Waals surface area contributed by atoms with Crippen molar-refractivity contribution in [1.82, 2.24) is 24.8 Å². The van der Waals surface area contributed by atoms with E-state index in [0.29, 0.717) is 41.4 Å². The highest BCUT2D eigenvalue weighted by Gasteiger charge is 2.36. The Kier molecular flexibility index (Phi) is 4.42. The predicted molar refractivity (Wildman–Crippen MR) is 108 cm³/mol. The molecule has 10 heteroatoms. The molecule has 1 atom stereocenters. The minimum absolute atomic E-state index is 0.128. The van der Waals surface area contributed by atoms with Crippen LogP contribution in [-0.4, -0.2) is 43.9 Å². The van der Waals surface area contributed by atoms with E-state index in [1.807, 2.05) is 13.0 Å². The van der Waals surface area contributed by atoms with Crippen LogP contribution in [0.5, 0.6) is 0 Å². The van der Waals surface area contributed by atoms with Crippen LogP contribution in [0.3, 0.4) is 0 Å². The molecular formula is C21H18F2N6O2. The second-order valence-corrected chi connectivity index (χ2v) is 7.35. The predicted octanol–water partition coefficient (Wildman–Crippen LogP) is 4.00. The number of hydrogen-bond acceptors (Lipinski definition) is 5. The third-order valence-corrected chi connectivity index (χ3v) is 5.43. The molecule has 31 heavy (non-hydrogen) atoms. The van der Waals surface area contributed by atoms with E-state index in [2.05, 4.69) is 15.2 Å². The fourth-order valence-corrected chi connectivity index (χ4v) is 3.87. The summed E-state index contributed by atoms with van der Waals surface area (Å²) in [7, 11) is 0. The zero-order valence-electron chi connectivity index (χ0n) is 16.8. The standard InChI is InChI=1S/C21H18F2N6O2/c1-12(20-25-13(2)26-31-20)27-8-9-28(21(27)30)17-4-3-5-18-15(17)11-24-29(18)19-7-6-14(22)10-16(19)23/h3-7,10-12H,8-9H2,1-2H3/t12-/m1/s1. The summed E-state index contributed by atoms with van der Waals surface area (Å²) in [5.74, 6) is -0.490. The van der Waals surface area contributed by atoms with Crippen molar-refractivity contribution in [2.75, 3.05) is 18.0 Å². The Labute approximate surface area is 175 Å². The van der Waals surface area contributed by atoms with Gasteiger partial charge in [0, 0.05) is 24.5 Å². The van der Waals surface area contributed by atoms with Crippen molar-refractivity contribution in [1.29, 1.82) is 0 Å². The minimum Gasteiger partial charge on any atom is -0.337 e. The summed E-state index contributed by atoms with van der Waals surface area (Å²) >= 11 is 0. The fraction of sp³-hybridized carbons (Fsp3) is 0.238. The van der Waals surface area contributed by atoms with Gasteiger partial charge in [-0.3, -0.25) is 4.90 Å². The van der Waals surface area contributed by atoms with Crippen LogP contribution in [0, 0.1) is 18.6 Å². The lowest BCUT2D eigenvalue weighted by atomic mass is 10.2. The number of urea groups is 1. The molecule has 8 nitrogen and oxygen atoms in total. The number of halogens is 2. The number of rotatable bonds is 4. The van der Waals surface area contributed by atoms with Crippen molar-refractivity contribution in [3.63, 3.8) is 0 Å². The highest BCUT2D eigenvalue weighted by molar-refractivity contribution is 6.03. The quantitative estimate of drug-likeness (QED) is 0.495. The average Bonchev–Trinajstić information content (AvgIpc) is 3.46. The first kappa shape index (κ1) is 19.2. The van der Waals surface area contributed by atoms with E-state index < -0.39 is 11.6 Å². The molecule has 0 bridgehead atoms. The third kappa shape index (κ3) is 3.11. The monoisotopic (exact) mass is 424 g/mol. The van der Waals surface area contributed by atoms with Crippen molar-refractivity contribution < 1.29 is 18.1 Å². The largest absolute Gasteiger partial charge is 0.337 e. The summed E-state index contributed by atoms with van der Waals surface area (Å²) in [5, 5.41) is 8.76. The third-order valence-electron chi connectivity index (χ3n) is 5.43. The van der Waals surface area contributed by atoms with Crippen LogP contribution >= 0.6 is 0 Å². The molecule has 0 spiro atoms. The SMILES string of the molecule is Cc1noc([C@@H](C)N2CCN(c3cccc4c3cnn4-c3ccc(F)cc3F)C2=O)n1. The summed E-state index contributed by atoms with van der Waals surface area (Å²) in [5.41, 5.74) is 1.39. The van der Waals surface area contributed by atoms with Crippen molar-refractivity contribution in [3.05, 3.63) is 65.9 Å². The maximum absolute atomic E-state index is 14.3. The number of nitrogens with zero attached hydrogens (tertiary/aromatic N) is 6. The fourth-order valence-electron chi connectivity index (χ4n) is 3.87. The normalized spacial score (nSPS) is 15.3. The number of fused-ring (bicyclic) bond motifs is 1. The number of hydrogen-bond donors (Lipinski definition) is 0. The number of amides is 2. The summed E-state index contributed by atoms with van der Waals surface area (Å²) in [6.45, 7) is 4.51. The van der Waals surface area contributed by atoms with Gasteiger partial charge in [0.05, 0.1) is 17.4 Å². The molecule has 0 radical (unpaired) electrons. The molecule has 3 heterocycles. The van der Waals surface area contributed by atoms with E-state index >= 15 is 0 Å². The molecule has 2 aromatic carbocycles. The Hall–Kier alpha value is -3.82. The van der Waals surface area contributed by atoms with Gasteiger partial charge in [-0.2, -0.15) is 10.1 Å². The van der Waals surface area contributed by atoms with E-state index in [9.17, 15) is 13.6 Å². The Balaban J connectivity index is 1.50. The lowest BCUT2D eigenvalue weighted by Crippen LogP contribution is -2.33. The molecule has 0 aliphatic carbocycles. The Morgan fingerprint density at radius 2 is 1.97 bits per heavy atom. The summed E-state index contributed by atoms with van der Waals surface area (Å²) in [6, 6.07) is 8.13. The zero-order valence-corrected chi connectivity index (χ0v) is 16.8. The van der Waals surface area contributed by atoms with Crippen molar-refractivity contribution in [2.24, 2.45) is 0 Å². The molecule has 0 unspecified atom stereocenters. The second-order valence-electron chi connectivity index (χ2n) is 7.35. The lowest BCUT2D eigenvalue weighted by molar-refractivity contribution is 0.190. The van der Waals surface area contributed by atoms with E-state index in [-0.39, 0.29) is 17.8 Å². The van der Waals surface area contributed by atoms with Gasteiger partial charge in [0.1, 0.15) is 17.5 Å². The molecule has 1 aliphatic rings. The smallest absolute Gasteiger partial charge is 0.325 e. The summed E-state index contributed by atoms with van der Waals surface area (Å²) in [4.78, 5) is 20.7. The van der Waals surface area contributed by atoms with E-state index in [1.54, 1.807) is 35.1 Å². The Morgan fingerprint density at radius 1 is 1.13 bits per heavy atom. The summed E-state index contributed by atoms with van der Waals surface area (Å²) < 4.78 is 34.2. The Morgan fingerprint density at radius 3 is 2.71 bits per heavy atom. The Bertz CT molecular complexity index is 1300. The first-order valence-corrected chi connectivity index (χ1v) is 9.74.